The van der Waals surface area contributed by atoms with Crippen LogP contribution >= 0.6 is 0 Å². The highest BCUT2D eigenvalue weighted by atomic mass is 15.3. The van der Waals surface area contributed by atoms with Crippen molar-refractivity contribution in [1.82, 2.24) is 14.8 Å². The summed E-state index contributed by atoms with van der Waals surface area (Å²) in [7, 11) is 0. The summed E-state index contributed by atoms with van der Waals surface area (Å²) in [6.07, 6.45) is 5.44. The van der Waals surface area contributed by atoms with Gasteiger partial charge in [-0.15, -0.1) is 0 Å². The molecule has 3 N–H and O–H groups in total. The molecule has 0 aliphatic heterocycles. The van der Waals surface area contributed by atoms with Crippen LogP contribution in [0.2, 0.25) is 0 Å². The second-order valence-electron chi connectivity index (χ2n) is 3.75. The first-order valence-electron chi connectivity index (χ1n) is 5.77. The summed E-state index contributed by atoms with van der Waals surface area (Å²) in [5, 5.41) is 7.09. The third-order valence-electron chi connectivity index (χ3n) is 2.36. The minimum Gasteiger partial charge on any atom is -0.370 e. The molecule has 0 saturated heterocycles. The lowest BCUT2D eigenvalue weighted by Gasteiger charge is -2.03. The van der Waals surface area contributed by atoms with Gasteiger partial charge in [-0.25, -0.2) is 9.98 Å². The zero-order valence-electron chi connectivity index (χ0n) is 10.2. The van der Waals surface area contributed by atoms with Crippen LogP contribution in [0.4, 0.5) is 5.82 Å². The van der Waals surface area contributed by atoms with Crippen LogP contribution < -0.4 is 11.1 Å². The Labute approximate surface area is 106 Å². The fourth-order valence-electron chi connectivity index (χ4n) is 1.44. The maximum Gasteiger partial charge on any atom is 0.194 e. The molecule has 0 unspecified atom stereocenters. The topological polar surface area (TPSA) is 81.1 Å². The SMILES string of the molecule is CCn1cc(CN=C(N)Nc2ccccn2)cn1. The third-order valence-corrected chi connectivity index (χ3v) is 2.36. The second kappa shape index (κ2) is 5.81. The van der Waals surface area contributed by atoms with Crippen molar-refractivity contribution < 1.29 is 0 Å². The van der Waals surface area contributed by atoms with E-state index in [0.717, 1.165) is 12.1 Å². The van der Waals surface area contributed by atoms with Gasteiger partial charge >= 0.3 is 0 Å². The van der Waals surface area contributed by atoms with Gasteiger partial charge in [-0.2, -0.15) is 5.10 Å². The summed E-state index contributed by atoms with van der Waals surface area (Å²) in [4.78, 5) is 8.33. The Morgan fingerprint density at radius 1 is 1.50 bits per heavy atom. The first-order valence-corrected chi connectivity index (χ1v) is 5.77. The predicted molar refractivity (Wildman–Crippen MR) is 71.1 cm³/mol. The molecule has 2 heterocycles. The number of guanidine groups is 1. The van der Waals surface area contributed by atoms with Gasteiger partial charge in [-0.3, -0.25) is 4.68 Å². The number of nitrogens with two attached hydrogens (primary N) is 1. The molecule has 0 fully saturated rings. The maximum atomic E-state index is 5.76. The standard InChI is InChI=1S/C12H16N6/c1-2-18-9-10(8-16-18)7-15-12(13)17-11-5-3-4-6-14-11/h3-6,8-9H,2,7H2,1H3,(H3,13,14,15,17). The molecule has 0 aromatic carbocycles. The smallest absolute Gasteiger partial charge is 0.194 e. The summed E-state index contributed by atoms with van der Waals surface area (Å²) in [6.45, 7) is 3.40. The minimum absolute atomic E-state index is 0.345. The Hall–Kier alpha value is -2.37. The maximum absolute atomic E-state index is 5.76. The van der Waals surface area contributed by atoms with Crippen molar-refractivity contribution in [3.8, 4) is 0 Å². The summed E-state index contributed by atoms with van der Waals surface area (Å²) < 4.78 is 1.85. The van der Waals surface area contributed by atoms with Gasteiger partial charge < -0.3 is 11.1 Å². The number of rotatable bonds is 4. The van der Waals surface area contributed by atoms with E-state index in [1.165, 1.54) is 0 Å². The Kier molecular flexibility index (Phi) is 3.90. The van der Waals surface area contributed by atoms with E-state index in [9.17, 15) is 0 Å². The number of aryl methyl sites for hydroxylation is 1. The van der Waals surface area contributed by atoms with E-state index in [-0.39, 0.29) is 0 Å². The summed E-state index contributed by atoms with van der Waals surface area (Å²) in [5.74, 6) is 1.03. The van der Waals surface area contributed by atoms with Gasteiger partial charge in [0, 0.05) is 24.5 Å². The summed E-state index contributed by atoms with van der Waals surface area (Å²) >= 11 is 0. The van der Waals surface area contributed by atoms with Crippen LogP contribution in [0.5, 0.6) is 0 Å². The number of pyridine rings is 1. The predicted octanol–water partition coefficient (Wildman–Crippen LogP) is 1.22. The van der Waals surface area contributed by atoms with Gasteiger partial charge in [0.1, 0.15) is 5.82 Å². The van der Waals surface area contributed by atoms with Gasteiger partial charge in [0.05, 0.1) is 12.7 Å². The fraction of sp³-hybridized carbons (Fsp3) is 0.250. The first kappa shape index (κ1) is 12.1. The van der Waals surface area contributed by atoms with Crippen molar-refractivity contribution in [1.29, 1.82) is 0 Å². The van der Waals surface area contributed by atoms with Crippen LogP contribution in [0.1, 0.15) is 12.5 Å². The van der Waals surface area contributed by atoms with Crippen LogP contribution in [0.3, 0.4) is 0 Å². The Morgan fingerprint density at radius 2 is 2.39 bits per heavy atom. The molecule has 6 nitrogen and oxygen atoms in total. The molecule has 94 valence electrons. The number of hydrogen-bond donors (Lipinski definition) is 2. The molecule has 0 saturated carbocycles. The molecule has 6 heteroatoms. The first-order chi connectivity index (χ1) is 8.78. The van der Waals surface area contributed by atoms with Crippen LogP contribution in [-0.4, -0.2) is 20.7 Å². The number of nitrogens with zero attached hydrogens (tertiary/aromatic N) is 4. The van der Waals surface area contributed by atoms with Crippen LogP contribution in [0.25, 0.3) is 0 Å². The van der Waals surface area contributed by atoms with Gasteiger partial charge in [-0.1, -0.05) is 6.07 Å². The third kappa shape index (κ3) is 3.31. The van der Waals surface area contributed by atoms with Crippen molar-refractivity contribution in [2.24, 2.45) is 10.7 Å². The Morgan fingerprint density at radius 3 is 3.06 bits per heavy atom. The monoisotopic (exact) mass is 244 g/mol. The highest BCUT2D eigenvalue weighted by molar-refractivity contribution is 5.91. The molecular weight excluding hydrogens is 228 g/mol. The van der Waals surface area contributed by atoms with E-state index in [2.05, 4.69) is 20.4 Å². The molecule has 0 spiro atoms. The van der Waals surface area contributed by atoms with Crippen molar-refractivity contribution in [3.63, 3.8) is 0 Å². The quantitative estimate of drug-likeness (QED) is 0.626. The van der Waals surface area contributed by atoms with Crippen LogP contribution in [-0.2, 0) is 13.1 Å². The summed E-state index contributed by atoms with van der Waals surface area (Å²) in [5.41, 5.74) is 6.79. The van der Waals surface area contributed by atoms with Crippen LogP contribution in [0, 0.1) is 0 Å². The molecule has 2 aromatic rings. The van der Waals surface area contributed by atoms with Crippen molar-refractivity contribution in [3.05, 3.63) is 42.4 Å². The molecule has 2 rings (SSSR count). The summed E-state index contributed by atoms with van der Waals surface area (Å²) in [6, 6.07) is 5.56. The van der Waals surface area contributed by atoms with E-state index in [0.29, 0.717) is 18.3 Å². The average Bonchev–Trinajstić information content (AvgIpc) is 2.85. The lowest BCUT2D eigenvalue weighted by molar-refractivity contribution is 0.659. The minimum atomic E-state index is 0.345. The highest BCUT2D eigenvalue weighted by Gasteiger charge is 1.98. The van der Waals surface area contributed by atoms with Gasteiger partial charge in [-0.05, 0) is 19.1 Å². The van der Waals surface area contributed by atoms with E-state index < -0.39 is 0 Å². The highest BCUT2D eigenvalue weighted by Crippen LogP contribution is 2.01. The molecule has 0 radical (unpaired) electrons. The van der Waals surface area contributed by atoms with E-state index in [1.807, 2.05) is 36.0 Å². The fourth-order valence-corrected chi connectivity index (χ4v) is 1.44. The largest absolute Gasteiger partial charge is 0.370 e. The molecular formula is C12H16N6. The molecule has 2 aromatic heterocycles. The van der Waals surface area contributed by atoms with E-state index in [1.54, 1.807) is 12.4 Å². The van der Waals surface area contributed by atoms with Gasteiger partial charge in [0.2, 0.25) is 0 Å². The zero-order valence-corrected chi connectivity index (χ0v) is 10.2. The molecule has 0 aliphatic rings. The number of aromatic nitrogens is 3. The Balaban J connectivity index is 1.93. The number of nitrogens with one attached hydrogen (secondary N) is 1. The lowest BCUT2D eigenvalue weighted by Crippen LogP contribution is -2.23. The molecule has 0 bridgehead atoms. The normalized spacial score (nSPS) is 11.5. The lowest BCUT2D eigenvalue weighted by atomic mass is 10.4. The van der Waals surface area contributed by atoms with E-state index >= 15 is 0 Å². The molecule has 0 aliphatic carbocycles. The second-order valence-corrected chi connectivity index (χ2v) is 3.75. The van der Waals surface area contributed by atoms with Gasteiger partial charge in [0.25, 0.3) is 0 Å². The number of anilines is 1. The molecule has 18 heavy (non-hydrogen) atoms. The molecule has 0 atom stereocenters. The Bertz CT molecular complexity index is 516. The average molecular weight is 244 g/mol. The van der Waals surface area contributed by atoms with Crippen LogP contribution in [0.15, 0.2) is 41.8 Å². The zero-order chi connectivity index (χ0) is 12.8. The number of aliphatic imine (C=N–C) groups is 1. The van der Waals surface area contributed by atoms with Crippen molar-refractivity contribution in [2.75, 3.05) is 5.32 Å². The number of hydrogen-bond acceptors (Lipinski definition) is 3. The van der Waals surface area contributed by atoms with Crippen molar-refractivity contribution in [2.45, 2.75) is 20.0 Å². The van der Waals surface area contributed by atoms with E-state index in [4.69, 9.17) is 5.73 Å². The van der Waals surface area contributed by atoms with Gasteiger partial charge in [0.15, 0.2) is 5.96 Å². The van der Waals surface area contributed by atoms with Crippen molar-refractivity contribution >= 4 is 11.8 Å². The molecule has 0 amide bonds.